The average molecular weight is 245 g/mol. The Labute approximate surface area is 106 Å². The molecule has 0 radical (unpaired) electrons. The Balaban J connectivity index is 2.16. The molecule has 1 aromatic carbocycles. The van der Waals surface area contributed by atoms with Gasteiger partial charge in [-0.3, -0.25) is 4.98 Å². The van der Waals surface area contributed by atoms with Crippen LogP contribution in [0.4, 0.5) is 15.8 Å². The summed E-state index contributed by atoms with van der Waals surface area (Å²) in [5, 5.41) is 3.06. The quantitative estimate of drug-likeness (QED) is 0.897. The smallest absolute Gasteiger partial charge is 0.146 e. The van der Waals surface area contributed by atoms with Crippen LogP contribution < -0.4 is 10.2 Å². The summed E-state index contributed by atoms with van der Waals surface area (Å²) in [6.45, 7) is 0.566. The zero-order valence-corrected chi connectivity index (χ0v) is 10.5. The Morgan fingerprint density at radius 2 is 2.06 bits per heavy atom. The van der Waals surface area contributed by atoms with Gasteiger partial charge in [0.1, 0.15) is 5.82 Å². The molecule has 1 aromatic heterocycles. The van der Waals surface area contributed by atoms with Gasteiger partial charge < -0.3 is 10.2 Å². The lowest BCUT2D eigenvalue weighted by Crippen LogP contribution is -2.18. The number of aromatic nitrogens is 1. The molecule has 0 aliphatic heterocycles. The van der Waals surface area contributed by atoms with Gasteiger partial charge in [0.2, 0.25) is 0 Å². The molecule has 0 aliphatic rings. The molecule has 0 fully saturated rings. The molecule has 0 aliphatic carbocycles. The van der Waals surface area contributed by atoms with Crippen LogP contribution in [-0.2, 0) is 6.54 Å². The van der Waals surface area contributed by atoms with Crippen molar-refractivity contribution >= 4 is 11.4 Å². The molecule has 94 valence electrons. The van der Waals surface area contributed by atoms with Gasteiger partial charge in [0.05, 0.1) is 17.9 Å². The maximum absolute atomic E-state index is 13.6. The summed E-state index contributed by atoms with van der Waals surface area (Å²) in [6, 6.07) is 10.6. The van der Waals surface area contributed by atoms with Gasteiger partial charge in [-0.15, -0.1) is 0 Å². The molecule has 0 bridgehead atoms. The van der Waals surface area contributed by atoms with Crippen LogP contribution in [-0.4, -0.2) is 19.1 Å². The van der Waals surface area contributed by atoms with Crippen molar-refractivity contribution in [2.45, 2.75) is 6.54 Å². The second kappa shape index (κ2) is 5.49. The number of halogens is 1. The SMILES string of the molecule is CNc1ccnc(CN(C)c2ccccc2F)c1. The minimum absolute atomic E-state index is 0.218. The first-order valence-corrected chi connectivity index (χ1v) is 5.79. The standard InChI is InChI=1S/C14H16FN3/c1-16-11-7-8-17-12(9-11)10-18(2)14-6-4-3-5-13(14)15/h3-9H,10H2,1-2H3,(H,16,17). The van der Waals surface area contributed by atoms with Gasteiger partial charge in [-0.2, -0.15) is 0 Å². The summed E-state index contributed by atoms with van der Waals surface area (Å²) in [7, 11) is 3.71. The Hall–Kier alpha value is -2.10. The Bertz CT molecular complexity index is 528. The van der Waals surface area contributed by atoms with E-state index in [1.165, 1.54) is 6.07 Å². The number of pyridine rings is 1. The lowest BCUT2D eigenvalue weighted by Gasteiger charge is -2.19. The summed E-state index contributed by atoms with van der Waals surface area (Å²) >= 11 is 0. The van der Waals surface area contributed by atoms with Crippen molar-refractivity contribution in [3.8, 4) is 0 Å². The molecule has 18 heavy (non-hydrogen) atoms. The third kappa shape index (κ3) is 2.77. The fourth-order valence-electron chi connectivity index (χ4n) is 1.81. The number of benzene rings is 1. The highest BCUT2D eigenvalue weighted by molar-refractivity contribution is 5.48. The molecular weight excluding hydrogens is 229 g/mol. The number of rotatable bonds is 4. The predicted molar refractivity (Wildman–Crippen MR) is 72.3 cm³/mol. The molecule has 0 saturated carbocycles. The lowest BCUT2D eigenvalue weighted by molar-refractivity contribution is 0.622. The van der Waals surface area contributed by atoms with Crippen molar-refractivity contribution in [3.05, 3.63) is 54.1 Å². The van der Waals surface area contributed by atoms with Crippen LogP contribution in [0.2, 0.25) is 0 Å². The number of hydrogen-bond acceptors (Lipinski definition) is 3. The van der Waals surface area contributed by atoms with Crippen LogP contribution in [0.15, 0.2) is 42.6 Å². The molecule has 1 N–H and O–H groups in total. The maximum Gasteiger partial charge on any atom is 0.146 e. The van der Waals surface area contributed by atoms with Gasteiger partial charge in [-0.1, -0.05) is 12.1 Å². The first-order chi connectivity index (χ1) is 8.70. The first-order valence-electron chi connectivity index (χ1n) is 5.79. The summed E-state index contributed by atoms with van der Waals surface area (Å²) in [4.78, 5) is 6.12. The molecule has 0 spiro atoms. The highest BCUT2D eigenvalue weighted by Crippen LogP contribution is 2.19. The predicted octanol–water partition coefficient (Wildman–Crippen LogP) is 2.90. The van der Waals surface area contributed by atoms with Crippen LogP contribution in [0, 0.1) is 5.82 Å². The van der Waals surface area contributed by atoms with E-state index in [0.717, 1.165) is 11.4 Å². The average Bonchev–Trinajstić information content (AvgIpc) is 2.39. The van der Waals surface area contributed by atoms with E-state index < -0.39 is 0 Å². The molecule has 3 nitrogen and oxygen atoms in total. The number of anilines is 2. The van der Waals surface area contributed by atoms with E-state index in [4.69, 9.17) is 0 Å². The van der Waals surface area contributed by atoms with Crippen LogP contribution in [0.25, 0.3) is 0 Å². The van der Waals surface area contributed by atoms with E-state index >= 15 is 0 Å². The highest BCUT2D eigenvalue weighted by Gasteiger charge is 2.07. The molecule has 0 amide bonds. The third-order valence-electron chi connectivity index (χ3n) is 2.77. The van der Waals surface area contributed by atoms with E-state index in [1.54, 1.807) is 18.3 Å². The topological polar surface area (TPSA) is 28.2 Å². The summed E-state index contributed by atoms with van der Waals surface area (Å²) in [5.74, 6) is -0.218. The Morgan fingerprint density at radius 1 is 1.28 bits per heavy atom. The Kier molecular flexibility index (Phi) is 3.77. The van der Waals surface area contributed by atoms with E-state index in [2.05, 4.69) is 10.3 Å². The monoisotopic (exact) mass is 245 g/mol. The summed E-state index contributed by atoms with van der Waals surface area (Å²) < 4.78 is 13.6. The van der Waals surface area contributed by atoms with E-state index in [9.17, 15) is 4.39 Å². The van der Waals surface area contributed by atoms with E-state index in [1.807, 2.05) is 37.2 Å². The van der Waals surface area contributed by atoms with Crippen LogP contribution in [0.1, 0.15) is 5.69 Å². The first kappa shape index (κ1) is 12.4. The molecule has 4 heteroatoms. The minimum atomic E-state index is -0.218. The molecule has 0 unspecified atom stereocenters. The zero-order valence-electron chi connectivity index (χ0n) is 10.5. The van der Waals surface area contributed by atoms with Gasteiger partial charge in [-0.25, -0.2) is 4.39 Å². The summed E-state index contributed by atoms with van der Waals surface area (Å²) in [5.41, 5.74) is 2.48. The highest BCUT2D eigenvalue weighted by atomic mass is 19.1. The largest absolute Gasteiger partial charge is 0.388 e. The third-order valence-corrected chi connectivity index (χ3v) is 2.77. The van der Waals surface area contributed by atoms with Crippen LogP contribution in [0.3, 0.4) is 0 Å². The van der Waals surface area contributed by atoms with E-state index in [-0.39, 0.29) is 5.82 Å². The molecule has 1 heterocycles. The van der Waals surface area contributed by atoms with Crippen molar-refractivity contribution in [2.75, 3.05) is 24.3 Å². The molecule has 0 saturated heterocycles. The fraction of sp³-hybridized carbons (Fsp3) is 0.214. The van der Waals surface area contributed by atoms with Gasteiger partial charge in [0.25, 0.3) is 0 Å². The maximum atomic E-state index is 13.6. The molecule has 2 rings (SSSR count). The van der Waals surface area contributed by atoms with Gasteiger partial charge in [-0.05, 0) is 24.3 Å². The lowest BCUT2D eigenvalue weighted by atomic mass is 10.2. The van der Waals surface area contributed by atoms with Crippen molar-refractivity contribution in [1.29, 1.82) is 0 Å². The fourth-order valence-corrected chi connectivity index (χ4v) is 1.81. The van der Waals surface area contributed by atoms with Crippen molar-refractivity contribution in [1.82, 2.24) is 4.98 Å². The van der Waals surface area contributed by atoms with Gasteiger partial charge >= 0.3 is 0 Å². The van der Waals surface area contributed by atoms with Gasteiger partial charge in [0.15, 0.2) is 0 Å². The second-order valence-electron chi connectivity index (χ2n) is 4.09. The number of nitrogens with zero attached hydrogens (tertiary/aromatic N) is 2. The Morgan fingerprint density at radius 3 is 2.78 bits per heavy atom. The summed E-state index contributed by atoms with van der Waals surface area (Å²) in [6.07, 6.45) is 1.75. The van der Waals surface area contributed by atoms with Crippen LogP contribution >= 0.6 is 0 Å². The number of para-hydroxylation sites is 1. The van der Waals surface area contributed by atoms with Crippen molar-refractivity contribution in [2.24, 2.45) is 0 Å². The van der Waals surface area contributed by atoms with E-state index in [0.29, 0.717) is 12.2 Å². The number of hydrogen-bond donors (Lipinski definition) is 1. The number of nitrogens with one attached hydrogen (secondary N) is 1. The molecule has 2 aromatic rings. The molecule has 0 atom stereocenters. The normalized spacial score (nSPS) is 10.2. The molecular formula is C14H16FN3. The van der Waals surface area contributed by atoms with Crippen molar-refractivity contribution < 1.29 is 4.39 Å². The minimum Gasteiger partial charge on any atom is -0.388 e. The second-order valence-corrected chi connectivity index (χ2v) is 4.09. The van der Waals surface area contributed by atoms with Crippen LogP contribution in [0.5, 0.6) is 0 Å². The van der Waals surface area contributed by atoms with Gasteiger partial charge in [0, 0.05) is 26.0 Å². The zero-order chi connectivity index (χ0) is 13.0. The van der Waals surface area contributed by atoms with Crippen molar-refractivity contribution in [3.63, 3.8) is 0 Å².